The number of benzene rings is 2. The summed E-state index contributed by atoms with van der Waals surface area (Å²) in [6.07, 6.45) is -4.21. The average Bonchev–Trinajstić information content (AvgIpc) is 2.55. The molecule has 24 heavy (non-hydrogen) atoms. The quantitative estimate of drug-likeness (QED) is 0.851. The van der Waals surface area contributed by atoms with E-state index in [1.165, 1.54) is 18.2 Å². The zero-order valence-corrected chi connectivity index (χ0v) is 12.9. The van der Waals surface area contributed by atoms with Gasteiger partial charge in [-0.2, -0.15) is 13.2 Å². The summed E-state index contributed by atoms with van der Waals surface area (Å²) in [5, 5.41) is 11.6. The summed E-state index contributed by atoms with van der Waals surface area (Å²) >= 11 is 0. The van der Waals surface area contributed by atoms with Gasteiger partial charge in [-0.25, -0.2) is 0 Å². The molecule has 0 heterocycles. The summed E-state index contributed by atoms with van der Waals surface area (Å²) in [5.41, 5.74) is 0.962. The van der Waals surface area contributed by atoms with Gasteiger partial charge in [0.25, 0.3) is 0 Å². The summed E-state index contributed by atoms with van der Waals surface area (Å²) < 4.78 is 38.7. The van der Waals surface area contributed by atoms with Gasteiger partial charge in [-0.3, -0.25) is 4.79 Å². The van der Waals surface area contributed by atoms with Gasteiger partial charge in [0, 0.05) is 6.54 Å². The summed E-state index contributed by atoms with van der Waals surface area (Å²) in [6.45, 7) is 0.307. The third-order valence-electron chi connectivity index (χ3n) is 3.62. The van der Waals surface area contributed by atoms with E-state index in [0.717, 1.165) is 17.2 Å². The largest absolute Gasteiger partial charge is 0.416 e. The molecule has 0 aliphatic carbocycles. The number of aliphatic hydroxyl groups excluding tert-OH is 1. The maximum Gasteiger partial charge on any atom is 0.416 e. The summed E-state index contributed by atoms with van der Waals surface area (Å²) in [7, 11) is 0. The lowest BCUT2D eigenvalue weighted by atomic mass is 10.0. The maximum atomic E-state index is 12.9. The van der Waals surface area contributed by atoms with E-state index < -0.39 is 17.6 Å². The van der Waals surface area contributed by atoms with Gasteiger partial charge in [0.05, 0.1) is 18.6 Å². The Morgan fingerprint density at radius 2 is 1.62 bits per heavy atom. The number of hydrogen-bond acceptors (Lipinski definition) is 2. The van der Waals surface area contributed by atoms with Crippen molar-refractivity contribution in [3.05, 3.63) is 70.8 Å². The molecular weight excluding hydrogens is 319 g/mol. The van der Waals surface area contributed by atoms with Crippen LogP contribution in [0.3, 0.4) is 0 Å². The number of carbonyl (C=O) groups is 1. The Balaban J connectivity index is 1.87. The Morgan fingerprint density at radius 1 is 1.00 bits per heavy atom. The predicted molar refractivity (Wildman–Crippen MR) is 84.2 cm³/mol. The molecule has 6 heteroatoms. The van der Waals surface area contributed by atoms with Crippen molar-refractivity contribution in [1.29, 1.82) is 0 Å². The minimum atomic E-state index is -4.47. The fourth-order valence-corrected chi connectivity index (χ4v) is 2.34. The highest BCUT2D eigenvalue weighted by atomic mass is 19.4. The molecular formula is C18H18F3NO2. The minimum absolute atomic E-state index is 0.0321. The highest BCUT2D eigenvalue weighted by molar-refractivity contribution is 5.79. The number of aliphatic hydroxyl groups is 1. The first-order valence-electron chi connectivity index (χ1n) is 7.50. The van der Waals surface area contributed by atoms with Crippen molar-refractivity contribution >= 4 is 5.91 Å². The number of amides is 1. The molecule has 2 rings (SSSR count). The van der Waals surface area contributed by atoms with Crippen LogP contribution in [-0.2, 0) is 30.4 Å². The molecule has 0 aliphatic heterocycles. The molecule has 128 valence electrons. The SMILES string of the molecule is O=C(Cc1ccccc1C(F)(F)F)NCCc1ccc(CO)cc1. The predicted octanol–water partition coefficient (Wildman–Crippen LogP) is 3.10. The van der Waals surface area contributed by atoms with Crippen LogP contribution >= 0.6 is 0 Å². The average molecular weight is 337 g/mol. The van der Waals surface area contributed by atoms with Crippen molar-refractivity contribution < 1.29 is 23.1 Å². The monoisotopic (exact) mass is 337 g/mol. The minimum Gasteiger partial charge on any atom is -0.392 e. The summed E-state index contributed by atoms with van der Waals surface area (Å²) in [5.74, 6) is -0.446. The fraction of sp³-hybridized carbons (Fsp3) is 0.278. The molecule has 1 amide bonds. The Labute approximate surface area is 138 Å². The van der Waals surface area contributed by atoms with Gasteiger partial charge in [0.1, 0.15) is 0 Å². The van der Waals surface area contributed by atoms with E-state index in [1.807, 2.05) is 12.1 Å². The van der Waals surface area contributed by atoms with Crippen LogP contribution in [0.2, 0.25) is 0 Å². The van der Waals surface area contributed by atoms with Crippen LogP contribution in [0.5, 0.6) is 0 Å². The molecule has 0 saturated heterocycles. The highest BCUT2D eigenvalue weighted by Crippen LogP contribution is 2.31. The number of alkyl halides is 3. The first-order chi connectivity index (χ1) is 11.4. The van der Waals surface area contributed by atoms with E-state index in [9.17, 15) is 18.0 Å². The Morgan fingerprint density at radius 3 is 2.25 bits per heavy atom. The standard InChI is InChI=1S/C18H18F3NO2/c19-18(20,21)16-4-2-1-3-15(16)11-17(24)22-10-9-13-5-7-14(12-23)8-6-13/h1-8,23H,9-12H2,(H,22,24). The Hall–Kier alpha value is -2.34. The lowest BCUT2D eigenvalue weighted by Gasteiger charge is -2.12. The topological polar surface area (TPSA) is 49.3 Å². The second-order valence-corrected chi connectivity index (χ2v) is 5.41. The third kappa shape index (κ3) is 5.09. The number of carbonyl (C=O) groups excluding carboxylic acids is 1. The van der Waals surface area contributed by atoms with Crippen LogP contribution < -0.4 is 5.32 Å². The molecule has 0 radical (unpaired) electrons. The second kappa shape index (κ2) is 7.97. The van der Waals surface area contributed by atoms with Gasteiger partial charge in [-0.15, -0.1) is 0 Å². The van der Waals surface area contributed by atoms with Gasteiger partial charge >= 0.3 is 6.18 Å². The van der Waals surface area contributed by atoms with Crippen LogP contribution in [0.4, 0.5) is 13.2 Å². The van der Waals surface area contributed by atoms with Crippen LogP contribution in [0.15, 0.2) is 48.5 Å². The molecule has 0 atom stereocenters. The molecule has 0 saturated carbocycles. The molecule has 0 spiro atoms. The fourth-order valence-electron chi connectivity index (χ4n) is 2.34. The molecule has 2 aromatic rings. The smallest absolute Gasteiger partial charge is 0.392 e. The van der Waals surface area contributed by atoms with E-state index in [4.69, 9.17) is 5.11 Å². The van der Waals surface area contributed by atoms with Crippen LogP contribution in [-0.4, -0.2) is 17.6 Å². The zero-order chi connectivity index (χ0) is 17.6. The number of hydrogen-bond donors (Lipinski definition) is 2. The van der Waals surface area contributed by atoms with Gasteiger partial charge in [-0.05, 0) is 29.2 Å². The van der Waals surface area contributed by atoms with Crippen molar-refractivity contribution in [2.75, 3.05) is 6.54 Å². The first-order valence-corrected chi connectivity index (χ1v) is 7.50. The van der Waals surface area contributed by atoms with Gasteiger partial charge in [0.15, 0.2) is 0 Å². The first kappa shape index (κ1) is 18.0. The molecule has 2 N–H and O–H groups in total. The Bertz CT molecular complexity index is 681. The van der Waals surface area contributed by atoms with E-state index >= 15 is 0 Å². The molecule has 0 aromatic heterocycles. The van der Waals surface area contributed by atoms with Gasteiger partial charge in [0.2, 0.25) is 5.91 Å². The molecule has 0 aliphatic rings. The van der Waals surface area contributed by atoms with E-state index in [1.54, 1.807) is 12.1 Å². The highest BCUT2D eigenvalue weighted by Gasteiger charge is 2.33. The van der Waals surface area contributed by atoms with Crippen molar-refractivity contribution in [1.82, 2.24) is 5.32 Å². The molecule has 0 fully saturated rings. The van der Waals surface area contributed by atoms with Crippen LogP contribution in [0.1, 0.15) is 22.3 Å². The summed E-state index contributed by atoms with van der Waals surface area (Å²) in [6, 6.07) is 12.4. The third-order valence-corrected chi connectivity index (χ3v) is 3.62. The number of halogens is 3. The van der Waals surface area contributed by atoms with E-state index in [-0.39, 0.29) is 18.6 Å². The Kier molecular flexibility index (Phi) is 5.98. The normalized spacial score (nSPS) is 11.3. The van der Waals surface area contributed by atoms with Crippen molar-refractivity contribution in [2.45, 2.75) is 25.6 Å². The molecule has 0 bridgehead atoms. The van der Waals surface area contributed by atoms with Gasteiger partial charge < -0.3 is 10.4 Å². The molecule has 2 aromatic carbocycles. The van der Waals surface area contributed by atoms with E-state index in [2.05, 4.69) is 5.32 Å². The van der Waals surface area contributed by atoms with Gasteiger partial charge in [-0.1, -0.05) is 42.5 Å². The van der Waals surface area contributed by atoms with Crippen LogP contribution in [0.25, 0.3) is 0 Å². The lowest BCUT2D eigenvalue weighted by Crippen LogP contribution is -2.28. The van der Waals surface area contributed by atoms with Crippen LogP contribution in [0, 0.1) is 0 Å². The molecule has 0 unspecified atom stereocenters. The molecule has 3 nitrogen and oxygen atoms in total. The lowest BCUT2D eigenvalue weighted by molar-refractivity contribution is -0.138. The maximum absolute atomic E-state index is 12.9. The number of rotatable bonds is 6. The van der Waals surface area contributed by atoms with Crippen molar-refractivity contribution in [2.24, 2.45) is 0 Å². The second-order valence-electron chi connectivity index (χ2n) is 5.41. The number of nitrogens with one attached hydrogen (secondary N) is 1. The van der Waals surface area contributed by atoms with E-state index in [0.29, 0.717) is 13.0 Å². The zero-order valence-electron chi connectivity index (χ0n) is 12.9. The van der Waals surface area contributed by atoms with Crippen molar-refractivity contribution in [3.8, 4) is 0 Å². The summed E-state index contributed by atoms with van der Waals surface area (Å²) in [4.78, 5) is 11.9. The van der Waals surface area contributed by atoms with Crippen molar-refractivity contribution in [3.63, 3.8) is 0 Å².